The van der Waals surface area contributed by atoms with Gasteiger partial charge in [-0.1, -0.05) is 60.7 Å². The van der Waals surface area contributed by atoms with Crippen LogP contribution in [0, 0.1) is 0 Å². The summed E-state index contributed by atoms with van der Waals surface area (Å²) in [5.41, 5.74) is -0.151. The van der Waals surface area contributed by atoms with Gasteiger partial charge < -0.3 is 84.1 Å². The molecule has 2 aromatic carbocycles. The molecule has 5 heterocycles. The minimum absolute atomic E-state index is 0.0112. The van der Waals surface area contributed by atoms with Gasteiger partial charge in [0.2, 0.25) is 0 Å². The van der Waals surface area contributed by atoms with E-state index < -0.39 is 44.9 Å². The van der Waals surface area contributed by atoms with Crippen molar-refractivity contribution in [3.8, 4) is 0 Å². The quantitative estimate of drug-likeness (QED) is 0.0681. The molecular weight excluding hydrogens is 1220 g/mol. The van der Waals surface area contributed by atoms with E-state index in [4.69, 9.17) is 42.6 Å². The molecule has 5 fully saturated rings. The fourth-order valence-electron chi connectivity index (χ4n) is 8.77. The first kappa shape index (κ1) is 80.0. The highest BCUT2D eigenvalue weighted by molar-refractivity contribution is 7.85. The number of rotatable bonds is 16. The number of carbonyl (C=O) groups is 6. The Balaban J connectivity index is 0.000000306. The summed E-state index contributed by atoms with van der Waals surface area (Å²) in [4.78, 5) is 72.7. The van der Waals surface area contributed by atoms with Crippen molar-refractivity contribution in [2.45, 2.75) is 194 Å². The molecule has 6 N–H and O–H groups in total. The maximum Gasteiger partial charge on any atom is 0.425 e. The van der Waals surface area contributed by atoms with E-state index in [-0.39, 0.29) is 56.3 Å². The van der Waals surface area contributed by atoms with Gasteiger partial charge >= 0.3 is 46.9 Å². The van der Waals surface area contributed by atoms with Gasteiger partial charge in [0.15, 0.2) is 0 Å². The molecule has 0 unspecified atom stereocenters. The molecule has 5 aliphatic heterocycles. The summed E-state index contributed by atoms with van der Waals surface area (Å²) in [7, 11) is -3.90. The number of benzene rings is 2. The first-order valence-electron chi connectivity index (χ1n) is 31.9. The van der Waals surface area contributed by atoms with Crippen LogP contribution in [-0.2, 0) is 70.3 Å². The van der Waals surface area contributed by atoms with Gasteiger partial charge in [0.25, 0.3) is 0 Å². The summed E-state index contributed by atoms with van der Waals surface area (Å²) < 4.78 is 75.1. The highest BCUT2D eigenvalue weighted by Crippen LogP contribution is 2.19. The molecule has 5 aliphatic rings. The first-order chi connectivity index (χ1) is 43.3. The number of nitrogens with one attached hydrogen (secondary N) is 5. The van der Waals surface area contributed by atoms with Crippen LogP contribution in [-0.4, -0.2) is 216 Å². The highest BCUT2D eigenvalue weighted by atomic mass is 32.2. The average molecular weight is 1330 g/mol. The summed E-state index contributed by atoms with van der Waals surface area (Å²) in [6.45, 7) is 31.5. The van der Waals surface area contributed by atoms with Crippen molar-refractivity contribution in [3.05, 3.63) is 71.8 Å². The monoisotopic (exact) mass is 1320 g/mol. The van der Waals surface area contributed by atoms with E-state index in [1.54, 1.807) is 30.6 Å². The van der Waals surface area contributed by atoms with Crippen LogP contribution < -0.4 is 26.6 Å². The summed E-state index contributed by atoms with van der Waals surface area (Å²) in [6, 6.07) is 19.2. The topological polar surface area (TPSA) is 319 Å². The number of likely N-dealkylation sites (tertiary alicyclic amines) is 2. The Kier molecular flexibility index (Phi) is 36.0. The highest BCUT2D eigenvalue weighted by Gasteiger charge is 2.37. The number of nitrogens with zero attached hydrogens (tertiary/aromatic N) is 3. The van der Waals surface area contributed by atoms with Crippen LogP contribution in [0.15, 0.2) is 60.7 Å². The van der Waals surface area contributed by atoms with E-state index in [2.05, 4.69) is 30.8 Å². The largest absolute Gasteiger partial charge is 0.445 e. The Morgan fingerprint density at radius 1 is 0.478 bits per heavy atom. The van der Waals surface area contributed by atoms with Gasteiger partial charge in [0, 0.05) is 45.8 Å². The van der Waals surface area contributed by atoms with Gasteiger partial charge in [-0.3, -0.25) is 4.18 Å². The number of alkyl carbamates (subject to hydrolysis) is 3. The van der Waals surface area contributed by atoms with Crippen LogP contribution in [0.25, 0.3) is 0 Å². The minimum atomic E-state index is -3.90. The van der Waals surface area contributed by atoms with E-state index >= 15 is 0 Å². The smallest absolute Gasteiger partial charge is 0.425 e. The summed E-state index contributed by atoms with van der Waals surface area (Å²) >= 11 is 0. The van der Waals surface area contributed by atoms with Crippen LogP contribution in [0.3, 0.4) is 0 Å². The Morgan fingerprint density at radius 2 is 0.804 bits per heavy atom. The lowest BCUT2D eigenvalue weighted by molar-refractivity contribution is 0.00416. The predicted molar refractivity (Wildman–Crippen MR) is 345 cm³/mol. The number of carbonyl (C=O) groups excluding carboxylic acids is 6. The number of piperidine rings is 4. The molecule has 0 bridgehead atoms. The standard InChI is InChI=1S/C20H30N2O5.C13H17NO3.2C12H24N2O3.C7H13NO5S/c1-20(2,3)27-18(23)21-11-14-25-17-9-12-22(13-10-17)19(24)26-15-16-7-5-4-6-8-16;15-12-6-8-14(9-7-12)13(16)17-10-11-4-2-1-3-5-11;2*1-12(2,3)17-11(15)14-8-9-16-10-4-6-13-7-5-10;1-7(2,3)13-6(9)8-4-5-12-14(8,10)11/h4-8,17H,9-15H2,1-3H3,(H,21,23);1-5,12,15H,6-10H2;2*10,13H,4-9H2,1-3H3,(H,14,15);4-5H2,1-3H3. The average Bonchev–Trinajstić information content (AvgIpc) is 1.73. The number of amides is 6. The van der Waals surface area contributed by atoms with Crippen molar-refractivity contribution in [2.24, 2.45) is 0 Å². The first-order valence-corrected chi connectivity index (χ1v) is 33.3. The summed E-state index contributed by atoms with van der Waals surface area (Å²) in [6.07, 6.45) is 4.78. The molecule has 0 saturated carbocycles. The third-order valence-corrected chi connectivity index (χ3v) is 14.5. The minimum Gasteiger partial charge on any atom is -0.445 e. The lowest BCUT2D eigenvalue weighted by atomic mass is 10.1. The Bertz CT molecular complexity index is 2490. The van der Waals surface area contributed by atoms with E-state index in [9.17, 15) is 42.3 Å². The molecule has 524 valence electrons. The number of ether oxygens (including phenoxy) is 9. The van der Waals surface area contributed by atoms with Gasteiger partial charge in [-0.2, -0.15) is 12.7 Å². The van der Waals surface area contributed by atoms with Crippen molar-refractivity contribution in [2.75, 3.05) is 105 Å². The number of hydrogen-bond donors (Lipinski definition) is 6. The second kappa shape index (κ2) is 41.4. The molecule has 0 radical (unpaired) electrons. The van der Waals surface area contributed by atoms with Gasteiger partial charge in [0.05, 0.1) is 57.4 Å². The van der Waals surface area contributed by atoms with E-state index in [1.165, 1.54) is 0 Å². The van der Waals surface area contributed by atoms with Crippen molar-refractivity contribution in [1.82, 2.24) is 40.7 Å². The van der Waals surface area contributed by atoms with E-state index in [0.29, 0.717) is 102 Å². The summed E-state index contributed by atoms with van der Waals surface area (Å²) in [5, 5.41) is 23.9. The van der Waals surface area contributed by atoms with Crippen molar-refractivity contribution < 1.29 is 89.1 Å². The molecule has 28 heteroatoms. The van der Waals surface area contributed by atoms with Crippen LogP contribution in [0.1, 0.15) is 146 Å². The number of aliphatic hydroxyl groups excluding tert-OH is 1. The van der Waals surface area contributed by atoms with Crippen molar-refractivity contribution in [3.63, 3.8) is 0 Å². The van der Waals surface area contributed by atoms with Crippen LogP contribution >= 0.6 is 0 Å². The zero-order chi connectivity index (χ0) is 68.2. The SMILES string of the molecule is CC(C)(C)OC(=O)N1CCOS1(=O)=O.CC(C)(C)OC(=O)NCCOC1CCN(C(=O)OCc2ccccc2)CC1.CC(C)(C)OC(=O)NCCOC1CCNCC1.CC(C)(C)OC(=O)NCCOC1CCNCC1.O=C(OCc1ccccc1)N1CCC(O)CC1. The molecule has 0 atom stereocenters. The number of hydrogen-bond acceptors (Lipinski definition) is 21. The molecular formula is C64H108N8O19S. The second-order valence-corrected chi connectivity index (χ2v) is 27.6. The molecule has 2 aromatic rings. The van der Waals surface area contributed by atoms with Crippen molar-refractivity contribution in [1.29, 1.82) is 0 Å². The molecule has 0 aromatic heterocycles. The zero-order valence-electron chi connectivity index (χ0n) is 56.5. The second-order valence-electron chi connectivity index (χ2n) is 26.1. The maximum absolute atomic E-state index is 12.1. The van der Waals surface area contributed by atoms with E-state index in [1.807, 2.05) is 123 Å². The summed E-state index contributed by atoms with van der Waals surface area (Å²) in [5.74, 6) is 0. The fourth-order valence-corrected chi connectivity index (χ4v) is 9.70. The van der Waals surface area contributed by atoms with Crippen molar-refractivity contribution >= 4 is 46.9 Å². The van der Waals surface area contributed by atoms with Gasteiger partial charge in [-0.15, -0.1) is 0 Å². The van der Waals surface area contributed by atoms with E-state index in [0.717, 1.165) is 75.8 Å². The lowest BCUT2D eigenvalue weighted by Crippen LogP contribution is -2.41. The molecule has 92 heavy (non-hydrogen) atoms. The predicted octanol–water partition coefficient (Wildman–Crippen LogP) is 8.17. The van der Waals surface area contributed by atoms with Gasteiger partial charge in [-0.25, -0.2) is 28.8 Å². The molecule has 7 rings (SSSR count). The molecule has 0 aliphatic carbocycles. The lowest BCUT2D eigenvalue weighted by Gasteiger charge is -2.31. The normalized spacial score (nSPS) is 17.4. The van der Waals surface area contributed by atoms with Gasteiger partial charge in [-0.05, 0) is 172 Å². The molecule has 6 amide bonds. The van der Waals surface area contributed by atoms with Crippen LogP contribution in [0.5, 0.6) is 0 Å². The molecule has 27 nitrogen and oxygen atoms in total. The Hall–Kier alpha value is -6.27. The Labute approximate surface area is 545 Å². The zero-order valence-corrected chi connectivity index (χ0v) is 57.3. The number of aliphatic hydroxyl groups is 1. The maximum atomic E-state index is 12.1. The molecule has 5 saturated heterocycles. The van der Waals surface area contributed by atoms with Crippen LogP contribution in [0.2, 0.25) is 0 Å². The fraction of sp³-hybridized carbons (Fsp3) is 0.719. The van der Waals surface area contributed by atoms with Gasteiger partial charge in [0.1, 0.15) is 35.6 Å². The van der Waals surface area contributed by atoms with Crippen LogP contribution in [0.4, 0.5) is 28.8 Å². The molecule has 0 spiro atoms. The third kappa shape index (κ3) is 38.7. The Morgan fingerprint density at radius 3 is 1.12 bits per heavy atom. The third-order valence-electron chi connectivity index (χ3n) is 13.2.